The summed E-state index contributed by atoms with van der Waals surface area (Å²) < 4.78 is 5.69. The predicted molar refractivity (Wildman–Crippen MR) is 73.1 cm³/mol. The molecule has 2 rings (SSSR count). The zero-order chi connectivity index (χ0) is 13.8. The maximum Gasteiger partial charge on any atom is 0.337 e. The number of carboxylic acids is 1. The minimum Gasteiger partial charge on any atom is -0.478 e. The number of pyridine rings is 1. The molecule has 1 atom stereocenters. The number of carbonyl (C=O) groups is 1. The fraction of sp³-hybridized carbons (Fsp3) is 0.538. The van der Waals surface area contributed by atoms with Crippen LogP contribution in [0.25, 0.3) is 0 Å². The molecular weight excluding hydrogens is 268 g/mol. The second kappa shape index (κ2) is 6.21. The summed E-state index contributed by atoms with van der Waals surface area (Å²) in [6, 6.07) is 1.53. The Hall–Kier alpha value is -1.33. The first-order valence-electron chi connectivity index (χ1n) is 6.37. The summed E-state index contributed by atoms with van der Waals surface area (Å²) in [5.74, 6) is -0.391. The highest BCUT2D eigenvalue weighted by Crippen LogP contribution is 2.22. The molecule has 0 amide bonds. The Bertz CT molecular complexity index is 467. The molecule has 0 aliphatic carbocycles. The van der Waals surface area contributed by atoms with Gasteiger partial charge in [0.1, 0.15) is 5.82 Å². The van der Waals surface area contributed by atoms with Crippen LogP contribution in [-0.4, -0.2) is 41.9 Å². The van der Waals surface area contributed by atoms with Gasteiger partial charge in [-0.05, 0) is 18.9 Å². The van der Waals surface area contributed by atoms with Crippen molar-refractivity contribution in [1.29, 1.82) is 0 Å². The van der Waals surface area contributed by atoms with E-state index in [0.717, 1.165) is 32.5 Å². The van der Waals surface area contributed by atoms with Gasteiger partial charge in [-0.1, -0.05) is 18.5 Å². The molecule has 5 nitrogen and oxygen atoms in total. The molecule has 1 aliphatic heterocycles. The molecule has 104 valence electrons. The van der Waals surface area contributed by atoms with Gasteiger partial charge in [0.2, 0.25) is 0 Å². The number of anilines is 1. The van der Waals surface area contributed by atoms with Gasteiger partial charge in [-0.3, -0.25) is 0 Å². The quantitative estimate of drug-likeness (QED) is 0.924. The number of hydrogen-bond acceptors (Lipinski definition) is 4. The van der Waals surface area contributed by atoms with Gasteiger partial charge in [0.15, 0.2) is 0 Å². The van der Waals surface area contributed by atoms with Crippen molar-refractivity contribution in [3.05, 3.63) is 22.8 Å². The molecule has 1 N–H and O–H groups in total. The van der Waals surface area contributed by atoms with Gasteiger partial charge in [0.25, 0.3) is 0 Å². The summed E-state index contributed by atoms with van der Waals surface area (Å²) in [6.07, 6.45) is 3.39. The minimum absolute atomic E-state index is 0.0879. The highest BCUT2D eigenvalue weighted by Gasteiger charge is 2.20. The zero-order valence-electron chi connectivity index (χ0n) is 10.8. The van der Waals surface area contributed by atoms with Crippen LogP contribution in [0.4, 0.5) is 5.82 Å². The van der Waals surface area contributed by atoms with Crippen LogP contribution in [0.1, 0.15) is 30.1 Å². The third kappa shape index (κ3) is 3.36. The smallest absolute Gasteiger partial charge is 0.337 e. The SMILES string of the molecule is CCC1CN(c2cc(C(=O)O)c(Cl)cn2)CCCO1. The lowest BCUT2D eigenvalue weighted by Gasteiger charge is -2.24. The van der Waals surface area contributed by atoms with Gasteiger partial charge >= 0.3 is 5.97 Å². The van der Waals surface area contributed by atoms with E-state index in [-0.39, 0.29) is 16.7 Å². The van der Waals surface area contributed by atoms with E-state index in [2.05, 4.69) is 16.8 Å². The highest BCUT2D eigenvalue weighted by molar-refractivity contribution is 6.33. The van der Waals surface area contributed by atoms with Gasteiger partial charge in [-0.25, -0.2) is 9.78 Å². The molecule has 1 saturated heterocycles. The van der Waals surface area contributed by atoms with Gasteiger partial charge in [-0.2, -0.15) is 0 Å². The molecule has 0 radical (unpaired) electrons. The van der Waals surface area contributed by atoms with E-state index >= 15 is 0 Å². The summed E-state index contributed by atoms with van der Waals surface area (Å²) in [4.78, 5) is 17.4. The number of aromatic carboxylic acids is 1. The van der Waals surface area contributed by atoms with Gasteiger partial charge in [0, 0.05) is 25.9 Å². The molecule has 0 saturated carbocycles. The molecule has 1 aromatic rings. The third-order valence-corrected chi connectivity index (χ3v) is 3.50. The van der Waals surface area contributed by atoms with E-state index in [1.807, 2.05) is 0 Å². The Morgan fingerprint density at radius 2 is 2.47 bits per heavy atom. The lowest BCUT2D eigenvalue weighted by Crippen LogP contribution is -2.32. The molecule has 0 aromatic carbocycles. The zero-order valence-corrected chi connectivity index (χ0v) is 11.6. The second-order valence-electron chi connectivity index (χ2n) is 4.53. The molecule has 0 spiro atoms. The fourth-order valence-corrected chi connectivity index (χ4v) is 2.30. The average molecular weight is 285 g/mol. The van der Waals surface area contributed by atoms with Crippen molar-refractivity contribution < 1.29 is 14.6 Å². The molecule has 1 fully saturated rings. The predicted octanol–water partition coefficient (Wildman–Crippen LogP) is 2.44. The van der Waals surface area contributed by atoms with Crippen molar-refractivity contribution in [2.24, 2.45) is 0 Å². The van der Waals surface area contributed by atoms with Crippen LogP contribution in [0.5, 0.6) is 0 Å². The summed E-state index contributed by atoms with van der Waals surface area (Å²) >= 11 is 5.83. The Balaban J connectivity index is 2.24. The third-order valence-electron chi connectivity index (χ3n) is 3.20. The van der Waals surface area contributed by atoms with Crippen LogP contribution in [-0.2, 0) is 4.74 Å². The number of hydrogen-bond donors (Lipinski definition) is 1. The fourth-order valence-electron chi connectivity index (χ4n) is 2.11. The van der Waals surface area contributed by atoms with E-state index < -0.39 is 5.97 Å². The van der Waals surface area contributed by atoms with Gasteiger partial charge < -0.3 is 14.7 Å². The molecule has 0 bridgehead atoms. The summed E-state index contributed by atoms with van der Waals surface area (Å²) in [5.41, 5.74) is 0.0879. The molecule has 2 heterocycles. The normalized spacial score (nSPS) is 20.1. The maximum absolute atomic E-state index is 11.1. The number of halogens is 1. The van der Waals surface area contributed by atoms with Crippen LogP contribution in [0.3, 0.4) is 0 Å². The number of carboxylic acid groups (broad SMARTS) is 1. The van der Waals surface area contributed by atoms with Crippen molar-refractivity contribution in [2.45, 2.75) is 25.9 Å². The number of nitrogens with zero attached hydrogens (tertiary/aromatic N) is 2. The monoisotopic (exact) mass is 284 g/mol. The number of ether oxygens (including phenoxy) is 1. The van der Waals surface area contributed by atoms with Crippen LogP contribution in [0, 0.1) is 0 Å². The van der Waals surface area contributed by atoms with Gasteiger partial charge in [0.05, 0.1) is 16.7 Å². The molecule has 1 aliphatic rings. The van der Waals surface area contributed by atoms with Crippen molar-refractivity contribution in [3.63, 3.8) is 0 Å². The average Bonchev–Trinajstić information content (AvgIpc) is 2.64. The van der Waals surface area contributed by atoms with E-state index in [0.29, 0.717) is 5.82 Å². The first-order chi connectivity index (χ1) is 9.11. The van der Waals surface area contributed by atoms with Crippen molar-refractivity contribution in [2.75, 3.05) is 24.6 Å². The molecule has 6 heteroatoms. The Morgan fingerprint density at radius 1 is 1.68 bits per heavy atom. The molecule has 19 heavy (non-hydrogen) atoms. The van der Waals surface area contributed by atoms with E-state index in [1.54, 1.807) is 0 Å². The largest absolute Gasteiger partial charge is 0.478 e. The summed E-state index contributed by atoms with van der Waals surface area (Å²) in [5, 5.41) is 9.25. The van der Waals surface area contributed by atoms with Crippen molar-refractivity contribution >= 4 is 23.4 Å². The van der Waals surface area contributed by atoms with Crippen LogP contribution < -0.4 is 4.90 Å². The highest BCUT2D eigenvalue weighted by atomic mass is 35.5. The van der Waals surface area contributed by atoms with Crippen molar-refractivity contribution in [3.8, 4) is 0 Å². The maximum atomic E-state index is 11.1. The Labute approximate surface area is 117 Å². The lowest BCUT2D eigenvalue weighted by molar-refractivity contribution is 0.0664. The van der Waals surface area contributed by atoms with Crippen molar-refractivity contribution in [1.82, 2.24) is 4.98 Å². The van der Waals surface area contributed by atoms with E-state index in [1.165, 1.54) is 12.3 Å². The van der Waals surface area contributed by atoms with E-state index in [9.17, 15) is 4.79 Å². The summed E-state index contributed by atoms with van der Waals surface area (Å²) in [7, 11) is 0. The lowest BCUT2D eigenvalue weighted by atomic mass is 10.2. The number of aromatic nitrogens is 1. The minimum atomic E-state index is -1.04. The van der Waals surface area contributed by atoms with E-state index in [4.69, 9.17) is 21.4 Å². The first kappa shape index (κ1) is 14.1. The van der Waals surface area contributed by atoms with Gasteiger partial charge in [-0.15, -0.1) is 0 Å². The van der Waals surface area contributed by atoms with Crippen LogP contribution >= 0.6 is 11.6 Å². The van der Waals surface area contributed by atoms with Crippen LogP contribution in [0.15, 0.2) is 12.3 Å². The number of rotatable bonds is 3. The Kier molecular flexibility index (Phi) is 4.61. The summed E-state index contributed by atoms with van der Waals surface area (Å²) in [6.45, 7) is 4.34. The standard InChI is InChI=1S/C13H17ClN2O3/c1-2-9-8-16(4-3-5-19-9)12-6-10(13(17)18)11(14)7-15-12/h6-7,9H,2-5,8H2,1H3,(H,17,18). The van der Waals surface area contributed by atoms with Crippen LogP contribution in [0.2, 0.25) is 5.02 Å². The topological polar surface area (TPSA) is 62.7 Å². The molecule has 1 unspecified atom stereocenters. The molecule has 1 aromatic heterocycles. The second-order valence-corrected chi connectivity index (χ2v) is 4.94. The molecular formula is C13H17ClN2O3. The first-order valence-corrected chi connectivity index (χ1v) is 6.75. The Morgan fingerprint density at radius 3 is 3.16 bits per heavy atom.